The predicted molar refractivity (Wildman–Crippen MR) is 117 cm³/mol. The van der Waals surface area contributed by atoms with Crippen LogP contribution in [0.2, 0.25) is 0 Å². The van der Waals surface area contributed by atoms with Crippen LogP contribution in [0.1, 0.15) is 34.0 Å². The number of para-hydroxylation sites is 1. The number of anilines is 2. The molecule has 0 spiro atoms. The number of nitrogens with one attached hydrogen (secondary N) is 2. The van der Waals surface area contributed by atoms with Gasteiger partial charge in [-0.2, -0.15) is 0 Å². The zero-order valence-electron chi connectivity index (χ0n) is 17.0. The van der Waals surface area contributed by atoms with Gasteiger partial charge < -0.3 is 5.32 Å². The minimum absolute atomic E-state index is 0.187. The van der Waals surface area contributed by atoms with Crippen molar-refractivity contribution in [2.24, 2.45) is 0 Å². The Morgan fingerprint density at radius 2 is 1.70 bits per heavy atom. The maximum Gasteiger partial charge on any atom is 0.261 e. The lowest BCUT2D eigenvalue weighted by Gasteiger charge is -2.14. The van der Waals surface area contributed by atoms with E-state index in [9.17, 15) is 17.6 Å². The minimum atomic E-state index is -3.99. The standard InChI is InChI=1S/C23H23FN2O3S/c1-4-17-8-5-7-16(3)22(17)25-23(27)18-9-6-10-19(13-18)26-30(28,29)20-12-11-15(2)21(24)14-20/h5-14,26H,4H2,1-3H3,(H,25,27). The van der Waals surface area contributed by atoms with Crippen LogP contribution in [-0.2, 0) is 16.4 Å². The van der Waals surface area contributed by atoms with E-state index in [-0.39, 0.29) is 16.5 Å². The van der Waals surface area contributed by atoms with Crippen molar-refractivity contribution < 1.29 is 17.6 Å². The highest BCUT2D eigenvalue weighted by Gasteiger charge is 2.17. The van der Waals surface area contributed by atoms with Crippen LogP contribution < -0.4 is 10.0 Å². The normalized spacial score (nSPS) is 11.2. The fourth-order valence-electron chi connectivity index (χ4n) is 3.07. The summed E-state index contributed by atoms with van der Waals surface area (Å²) in [6.07, 6.45) is 0.768. The van der Waals surface area contributed by atoms with Gasteiger partial charge in [0.2, 0.25) is 0 Å². The SMILES string of the molecule is CCc1cccc(C)c1NC(=O)c1cccc(NS(=O)(=O)c2ccc(C)c(F)c2)c1. The zero-order valence-corrected chi connectivity index (χ0v) is 17.8. The average molecular weight is 427 g/mol. The predicted octanol–water partition coefficient (Wildman–Crippen LogP) is 5.06. The van der Waals surface area contributed by atoms with Gasteiger partial charge in [-0.1, -0.05) is 37.3 Å². The van der Waals surface area contributed by atoms with Gasteiger partial charge in [0.15, 0.2) is 0 Å². The molecule has 5 nitrogen and oxygen atoms in total. The summed E-state index contributed by atoms with van der Waals surface area (Å²) < 4.78 is 41.3. The second-order valence-electron chi connectivity index (χ2n) is 7.01. The Labute approximate surface area is 176 Å². The lowest BCUT2D eigenvalue weighted by molar-refractivity contribution is 0.102. The first kappa shape index (κ1) is 21.5. The van der Waals surface area contributed by atoms with Gasteiger partial charge in [0, 0.05) is 16.9 Å². The van der Waals surface area contributed by atoms with Crippen molar-refractivity contribution in [3.05, 3.63) is 88.7 Å². The number of carbonyl (C=O) groups excluding carboxylic acids is 1. The van der Waals surface area contributed by atoms with E-state index in [0.717, 1.165) is 29.3 Å². The number of benzene rings is 3. The molecule has 2 N–H and O–H groups in total. The molecule has 0 heterocycles. The minimum Gasteiger partial charge on any atom is -0.321 e. The molecule has 0 aliphatic carbocycles. The molecule has 0 saturated carbocycles. The van der Waals surface area contributed by atoms with Crippen LogP contribution in [0, 0.1) is 19.7 Å². The third kappa shape index (κ3) is 4.68. The summed E-state index contributed by atoms with van der Waals surface area (Å²) >= 11 is 0. The van der Waals surface area contributed by atoms with Crippen LogP contribution in [-0.4, -0.2) is 14.3 Å². The Bertz CT molecular complexity index is 1210. The second-order valence-corrected chi connectivity index (χ2v) is 8.70. The molecule has 3 aromatic rings. The highest BCUT2D eigenvalue weighted by Crippen LogP contribution is 2.23. The number of sulfonamides is 1. The number of aryl methyl sites for hydroxylation is 3. The molecule has 0 radical (unpaired) electrons. The molecule has 30 heavy (non-hydrogen) atoms. The highest BCUT2D eigenvalue weighted by molar-refractivity contribution is 7.92. The van der Waals surface area contributed by atoms with E-state index in [0.29, 0.717) is 11.1 Å². The molecule has 0 fully saturated rings. The van der Waals surface area contributed by atoms with Crippen LogP contribution in [0.3, 0.4) is 0 Å². The van der Waals surface area contributed by atoms with E-state index in [1.54, 1.807) is 19.1 Å². The molecule has 0 saturated heterocycles. The molecule has 156 valence electrons. The Morgan fingerprint density at radius 3 is 2.40 bits per heavy atom. The highest BCUT2D eigenvalue weighted by atomic mass is 32.2. The molecule has 0 unspecified atom stereocenters. The van der Waals surface area contributed by atoms with E-state index in [1.165, 1.54) is 24.3 Å². The van der Waals surface area contributed by atoms with Gasteiger partial charge in [0.1, 0.15) is 5.82 Å². The second kappa shape index (κ2) is 8.67. The van der Waals surface area contributed by atoms with Crippen LogP contribution in [0.25, 0.3) is 0 Å². The summed E-state index contributed by atoms with van der Waals surface area (Å²) in [5.74, 6) is -0.947. The summed E-state index contributed by atoms with van der Waals surface area (Å²) in [5.41, 5.74) is 3.59. The Balaban J connectivity index is 1.84. The topological polar surface area (TPSA) is 75.3 Å². The summed E-state index contributed by atoms with van der Waals surface area (Å²) in [4.78, 5) is 12.6. The van der Waals surface area contributed by atoms with Crippen LogP contribution in [0.4, 0.5) is 15.8 Å². The zero-order chi connectivity index (χ0) is 21.9. The summed E-state index contributed by atoms with van der Waals surface area (Å²) in [6, 6.07) is 15.7. The van der Waals surface area contributed by atoms with Crippen LogP contribution in [0.15, 0.2) is 65.6 Å². The maximum atomic E-state index is 13.8. The van der Waals surface area contributed by atoms with Crippen LogP contribution >= 0.6 is 0 Å². The molecule has 0 aliphatic rings. The van der Waals surface area contributed by atoms with Gasteiger partial charge in [0.25, 0.3) is 15.9 Å². The molecular weight excluding hydrogens is 403 g/mol. The quantitative estimate of drug-likeness (QED) is 0.579. The molecule has 0 aliphatic heterocycles. The van der Waals surface area contributed by atoms with Crippen molar-refractivity contribution in [3.8, 4) is 0 Å². The fraction of sp³-hybridized carbons (Fsp3) is 0.174. The Hall–Kier alpha value is -3.19. The molecule has 1 amide bonds. The first-order valence-electron chi connectivity index (χ1n) is 9.50. The number of amides is 1. The first-order valence-corrected chi connectivity index (χ1v) is 11.0. The van der Waals surface area contributed by atoms with Gasteiger partial charge in [-0.25, -0.2) is 12.8 Å². The van der Waals surface area contributed by atoms with Gasteiger partial charge in [-0.15, -0.1) is 0 Å². The number of halogens is 1. The Morgan fingerprint density at radius 1 is 0.967 bits per heavy atom. The first-order chi connectivity index (χ1) is 14.2. The van der Waals surface area contributed by atoms with Crippen molar-refractivity contribution in [3.63, 3.8) is 0 Å². The summed E-state index contributed by atoms with van der Waals surface area (Å²) in [5, 5.41) is 2.92. The molecule has 3 rings (SSSR count). The van der Waals surface area contributed by atoms with Gasteiger partial charge in [0.05, 0.1) is 4.90 Å². The lowest BCUT2D eigenvalue weighted by atomic mass is 10.1. The number of hydrogen-bond donors (Lipinski definition) is 2. The summed E-state index contributed by atoms with van der Waals surface area (Å²) in [7, 11) is -3.99. The largest absolute Gasteiger partial charge is 0.321 e. The van der Waals surface area contributed by atoms with Gasteiger partial charge in [-0.05, 0) is 67.3 Å². The van der Waals surface area contributed by atoms with Crippen molar-refractivity contribution in [1.82, 2.24) is 0 Å². The van der Waals surface area contributed by atoms with E-state index in [4.69, 9.17) is 0 Å². The molecule has 7 heteroatoms. The smallest absolute Gasteiger partial charge is 0.261 e. The number of carbonyl (C=O) groups is 1. The molecule has 0 aromatic heterocycles. The molecule has 3 aromatic carbocycles. The lowest BCUT2D eigenvalue weighted by Crippen LogP contribution is -2.16. The van der Waals surface area contributed by atoms with E-state index in [2.05, 4.69) is 10.0 Å². The third-order valence-electron chi connectivity index (χ3n) is 4.81. The van der Waals surface area contributed by atoms with Crippen molar-refractivity contribution in [2.75, 3.05) is 10.0 Å². The molecule has 0 bridgehead atoms. The average Bonchev–Trinajstić information content (AvgIpc) is 2.71. The monoisotopic (exact) mass is 426 g/mol. The van der Waals surface area contributed by atoms with Gasteiger partial charge >= 0.3 is 0 Å². The van der Waals surface area contributed by atoms with E-state index >= 15 is 0 Å². The van der Waals surface area contributed by atoms with E-state index in [1.807, 2.05) is 32.0 Å². The third-order valence-corrected chi connectivity index (χ3v) is 6.19. The van der Waals surface area contributed by atoms with Crippen molar-refractivity contribution in [2.45, 2.75) is 32.1 Å². The Kier molecular flexibility index (Phi) is 6.22. The van der Waals surface area contributed by atoms with Crippen molar-refractivity contribution in [1.29, 1.82) is 0 Å². The van der Waals surface area contributed by atoms with Crippen molar-refractivity contribution >= 4 is 27.3 Å². The maximum absolute atomic E-state index is 13.8. The van der Waals surface area contributed by atoms with Gasteiger partial charge in [-0.3, -0.25) is 9.52 Å². The summed E-state index contributed by atoms with van der Waals surface area (Å²) in [6.45, 7) is 5.48. The molecular formula is C23H23FN2O3S. The number of rotatable bonds is 6. The number of hydrogen-bond acceptors (Lipinski definition) is 3. The van der Waals surface area contributed by atoms with E-state index < -0.39 is 15.8 Å². The molecule has 0 atom stereocenters. The fourth-order valence-corrected chi connectivity index (χ4v) is 4.13. The van der Waals surface area contributed by atoms with Crippen LogP contribution in [0.5, 0.6) is 0 Å².